The molecule has 0 unspecified atom stereocenters. The predicted molar refractivity (Wildman–Crippen MR) is 123 cm³/mol. The summed E-state index contributed by atoms with van der Waals surface area (Å²) in [7, 11) is 0. The van der Waals surface area contributed by atoms with E-state index < -0.39 is 35.8 Å². The lowest BCUT2D eigenvalue weighted by Crippen LogP contribution is -2.35. The average Bonchev–Trinajstić information content (AvgIpc) is 3.14. The van der Waals surface area contributed by atoms with Crippen LogP contribution in [-0.4, -0.2) is 34.0 Å². The van der Waals surface area contributed by atoms with E-state index in [-0.39, 0.29) is 23.5 Å². The van der Waals surface area contributed by atoms with Gasteiger partial charge in [-0.15, -0.1) is 0 Å². The Morgan fingerprint density at radius 3 is 2.50 bits per heavy atom. The molecule has 1 N–H and O–H groups in total. The van der Waals surface area contributed by atoms with Crippen LogP contribution in [0.1, 0.15) is 39.5 Å². The number of amides is 1. The molecule has 36 heavy (non-hydrogen) atoms. The largest absolute Gasteiger partial charge is 0.487 e. The highest BCUT2D eigenvalue weighted by atomic mass is 19.4. The Labute approximate surface area is 204 Å². The van der Waals surface area contributed by atoms with Crippen LogP contribution in [0.2, 0.25) is 0 Å². The standard InChI is InChI=1S/C27H23F4NO4/c1-26(13-19-6-2-3-8-22(19)28)14-20-12-18(9-10-23(20)36-26)25(35)32(16-24(33)34)15-17-5-4-7-21(11-17)27(29,30)31/h2-12H,13-16H2,1H3,(H,33,34)/t26-/m0/s1. The number of aliphatic carboxylic acids is 1. The SMILES string of the molecule is C[C@]1(Cc2ccccc2F)Cc2cc(C(=O)N(CC(=O)O)Cc3cccc(C(F)(F)F)c3)ccc2O1. The summed E-state index contributed by atoms with van der Waals surface area (Å²) in [5.74, 6) is -1.74. The zero-order chi connectivity index (χ0) is 26.1. The number of hydrogen-bond acceptors (Lipinski definition) is 3. The van der Waals surface area contributed by atoms with Gasteiger partial charge >= 0.3 is 12.1 Å². The summed E-state index contributed by atoms with van der Waals surface area (Å²) in [5.41, 5.74) is -0.0918. The second-order valence-corrected chi connectivity index (χ2v) is 9.07. The molecule has 1 aliphatic rings. The topological polar surface area (TPSA) is 66.8 Å². The molecule has 188 valence electrons. The summed E-state index contributed by atoms with van der Waals surface area (Å²) in [5, 5.41) is 9.30. The molecule has 0 fully saturated rings. The van der Waals surface area contributed by atoms with Gasteiger partial charge in [0.05, 0.1) is 5.56 Å². The van der Waals surface area contributed by atoms with Crippen molar-refractivity contribution in [3.63, 3.8) is 0 Å². The maximum absolute atomic E-state index is 14.2. The number of hydrogen-bond donors (Lipinski definition) is 1. The summed E-state index contributed by atoms with van der Waals surface area (Å²) in [6, 6.07) is 15.5. The van der Waals surface area contributed by atoms with Gasteiger partial charge in [0.1, 0.15) is 23.7 Å². The molecular weight excluding hydrogens is 478 g/mol. The van der Waals surface area contributed by atoms with E-state index in [0.717, 1.165) is 17.0 Å². The average molecular weight is 501 g/mol. The Hall–Kier alpha value is -3.88. The van der Waals surface area contributed by atoms with Crippen LogP contribution >= 0.6 is 0 Å². The Bertz CT molecular complexity index is 1310. The van der Waals surface area contributed by atoms with Gasteiger partial charge in [0.25, 0.3) is 5.91 Å². The maximum atomic E-state index is 14.2. The Balaban J connectivity index is 1.55. The van der Waals surface area contributed by atoms with Crippen LogP contribution in [-0.2, 0) is 30.4 Å². The first-order chi connectivity index (χ1) is 16.9. The number of rotatable bonds is 7. The molecule has 5 nitrogen and oxygen atoms in total. The number of nitrogens with zero attached hydrogens (tertiary/aromatic N) is 1. The first-order valence-corrected chi connectivity index (χ1v) is 11.2. The van der Waals surface area contributed by atoms with E-state index in [0.29, 0.717) is 29.7 Å². The van der Waals surface area contributed by atoms with Gasteiger partial charge in [-0.1, -0.05) is 30.3 Å². The summed E-state index contributed by atoms with van der Waals surface area (Å²) in [6.07, 6.45) is -3.87. The lowest BCUT2D eigenvalue weighted by atomic mass is 9.91. The zero-order valence-corrected chi connectivity index (χ0v) is 19.3. The Morgan fingerprint density at radius 1 is 1.06 bits per heavy atom. The lowest BCUT2D eigenvalue weighted by Gasteiger charge is -2.24. The number of carboxylic acids is 1. The van der Waals surface area contributed by atoms with Gasteiger partial charge in [-0.2, -0.15) is 13.2 Å². The van der Waals surface area contributed by atoms with Crippen LogP contribution in [0, 0.1) is 5.82 Å². The summed E-state index contributed by atoms with van der Waals surface area (Å²) >= 11 is 0. The van der Waals surface area contributed by atoms with Crippen molar-refractivity contribution in [1.29, 1.82) is 0 Å². The zero-order valence-electron chi connectivity index (χ0n) is 19.3. The maximum Gasteiger partial charge on any atom is 0.416 e. The number of benzene rings is 3. The summed E-state index contributed by atoms with van der Waals surface area (Å²) < 4.78 is 59.5. The molecule has 1 amide bonds. The lowest BCUT2D eigenvalue weighted by molar-refractivity contribution is -0.139. The first kappa shape index (κ1) is 25.2. The van der Waals surface area contributed by atoms with Crippen molar-refractivity contribution in [2.24, 2.45) is 0 Å². The number of fused-ring (bicyclic) bond motifs is 1. The number of carbonyl (C=O) groups is 2. The van der Waals surface area contributed by atoms with E-state index >= 15 is 0 Å². The van der Waals surface area contributed by atoms with E-state index in [1.54, 1.807) is 30.3 Å². The molecule has 0 radical (unpaired) electrons. The van der Waals surface area contributed by atoms with Gasteiger partial charge in [0.15, 0.2) is 0 Å². The Morgan fingerprint density at radius 2 is 1.81 bits per heavy atom. The molecule has 0 aliphatic carbocycles. The smallest absolute Gasteiger partial charge is 0.416 e. The van der Waals surface area contributed by atoms with Crippen molar-refractivity contribution < 1.29 is 37.0 Å². The van der Waals surface area contributed by atoms with E-state index in [4.69, 9.17) is 4.74 Å². The van der Waals surface area contributed by atoms with Gasteiger partial charge in [0.2, 0.25) is 0 Å². The second-order valence-electron chi connectivity index (χ2n) is 9.07. The minimum atomic E-state index is -4.56. The third-order valence-electron chi connectivity index (χ3n) is 5.99. The third-order valence-corrected chi connectivity index (χ3v) is 5.99. The van der Waals surface area contributed by atoms with E-state index in [1.165, 1.54) is 24.3 Å². The van der Waals surface area contributed by atoms with Crippen LogP contribution in [0.4, 0.5) is 17.6 Å². The van der Waals surface area contributed by atoms with E-state index in [9.17, 15) is 32.3 Å². The fraction of sp³-hybridized carbons (Fsp3) is 0.259. The molecule has 4 rings (SSSR count). The van der Waals surface area contributed by atoms with Crippen molar-refractivity contribution in [3.8, 4) is 5.75 Å². The molecule has 1 aliphatic heterocycles. The van der Waals surface area contributed by atoms with Gasteiger partial charge < -0.3 is 14.7 Å². The van der Waals surface area contributed by atoms with Crippen molar-refractivity contribution in [3.05, 3.63) is 100 Å². The second kappa shape index (κ2) is 9.64. The number of alkyl halides is 3. The fourth-order valence-corrected chi connectivity index (χ4v) is 4.41. The van der Waals surface area contributed by atoms with Crippen molar-refractivity contribution in [1.82, 2.24) is 4.90 Å². The normalized spacial score (nSPS) is 16.8. The number of halogens is 4. The van der Waals surface area contributed by atoms with Gasteiger partial charge in [-0.3, -0.25) is 9.59 Å². The van der Waals surface area contributed by atoms with E-state index in [1.807, 2.05) is 6.92 Å². The van der Waals surface area contributed by atoms with Gasteiger partial charge in [0, 0.05) is 24.9 Å². The molecule has 0 saturated heterocycles. The van der Waals surface area contributed by atoms with Gasteiger partial charge in [-0.05, 0) is 60.0 Å². The fourth-order valence-electron chi connectivity index (χ4n) is 4.41. The Kier molecular flexibility index (Phi) is 6.75. The number of carboxylic acid groups (broad SMARTS) is 1. The quantitative estimate of drug-likeness (QED) is 0.434. The number of ether oxygens (including phenoxy) is 1. The molecule has 0 saturated carbocycles. The molecule has 9 heteroatoms. The van der Waals surface area contributed by atoms with E-state index in [2.05, 4.69) is 0 Å². The minimum absolute atomic E-state index is 0.154. The van der Waals surface area contributed by atoms with Crippen molar-refractivity contribution >= 4 is 11.9 Å². The highest BCUT2D eigenvalue weighted by molar-refractivity contribution is 5.96. The molecule has 3 aromatic carbocycles. The van der Waals surface area contributed by atoms with Crippen LogP contribution < -0.4 is 4.74 Å². The third kappa shape index (κ3) is 5.67. The monoisotopic (exact) mass is 501 g/mol. The number of carbonyl (C=O) groups excluding carboxylic acids is 1. The van der Waals surface area contributed by atoms with Crippen molar-refractivity contribution in [2.75, 3.05) is 6.54 Å². The highest BCUT2D eigenvalue weighted by Gasteiger charge is 2.36. The highest BCUT2D eigenvalue weighted by Crippen LogP contribution is 2.38. The molecular formula is C27H23F4NO4. The molecule has 3 aromatic rings. The molecule has 0 spiro atoms. The first-order valence-electron chi connectivity index (χ1n) is 11.2. The molecule has 1 heterocycles. The minimum Gasteiger partial charge on any atom is -0.487 e. The van der Waals surface area contributed by atoms with Gasteiger partial charge in [-0.25, -0.2) is 4.39 Å². The predicted octanol–water partition coefficient (Wildman–Crippen LogP) is 5.51. The van der Waals surface area contributed by atoms with Crippen LogP contribution in [0.3, 0.4) is 0 Å². The summed E-state index contributed by atoms with van der Waals surface area (Å²) in [4.78, 5) is 25.6. The summed E-state index contributed by atoms with van der Waals surface area (Å²) in [6.45, 7) is 0.840. The van der Waals surface area contributed by atoms with Crippen LogP contribution in [0.15, 0.2) is 66.7 Å². The molecule has 0 bridgehead atoms. The van der Waals surface area contributed by atoms with Crippen LogP contribution in [0.5, 0.6) is 5.75 Å². The van der Waals surface area contributed by atoms with Crippen LogP contribution in [0.25, 0.3) is 0 Å². The van der Waals surface area contributed by atoms with Crippen molar-refractivity contribution in [2.45, 2.75) is 38.1 Å². The molecule has 0 aromatic heterocycles. The molecule has 1 atom stereocenters.